The Labute approximate surface area is 197 Å². The minimum atomic E-state index is -4.09. The first kappa shape index (κ1) is 23.6. The van der Waals surface area contributed by atoms with Crippen molar-refractivity contribution >= 4 is 68.8 Å². The van der Waals surface area contributed by atoms with Crippen LogP contribution < -0.4 is 4.31 Å². The van der Waals surface area contributed by atoms with Crippen LogP contribution in [0.2, 0.25) is 0 Å². The van der Waals surface area contributed by atoms with E-state index in [0.29, 0.717) is 10.2 Å². The molecule has 0 radical (unpaired) electrons. The van der Waals surface area contributed by atoms with E-state index in [-0.39, 0.29) is 23.7 Å². The summed E-state index contributed by atoms with van der Waals surface area (Å²) < 4.78 is 82.2. The lowest BCUT2D eigenvalue weighted by Crippen LogP contribution is -2.42. The highest BCUT2D eigenvalue weighted by Crippen LogP contribution is 2.37. The van der Waals surface area contributed by atoms with Gasteiger partial charge >= 0.3 is 0 Å². The molecule has 2 aromatic carbocycles. The summed E-state index contributed by atoms with van der Waals surface area (Å²) in [5.41, 5.74) is 0.481. The maximum absolute atomic E-state index is 13.5. The first-order valence-corrected chi connectivity index (χ1v) is 14.5. The molecule has 3 aromatic rings. The summed E-state index contributed by atoms with van der Waals surface area (Å²) in [4.78, 5) is -0.169. The molecule has 0 amide bonds. The second-order valence-corrected chi connectivity index (χ2v) is 13.2. The summed E-state index contributed by atoms with van der Waals surface area (Å²) in [6.07, 6.45) is -0.0704. The average molecular weight is 565 g/mol. The molecule has 0 atom stereocenters. The summed E-state index contributed by atoms with van der Waals surface area (Å²) in [6.45, 7) is -0.608. The van der Waals surface area contributed by atoms with Crippen molar-refractivity contribution in [2.45, 2.75) is 23.7 Å². The van der Waals surface area contributed by atoms with Crippen molar-refractivity contribution < 1.29 is 25.6 Å². The quantitative estimate of drug-likeness (QED) is 0.428. The first-order chi connectivity index (χ1) is 14.9. The van der Waals surface area contributed by atoms with Crippen molar-refractivity contribution in [3.8, 4) is 0 Å². The highest BCUT2D eigenvalue weighted by atomic mass is 79.9. The lowest BCUT2D eigenvalue weighted by Gasteiger charge is -2.31. The second kappa shape index (κ2) is 8.32. The molecule has 0 saturated carbocycles. The van der Waals surface area contributed by atoms with Crippen molar-refractivity contribution in [3.05, 3.63) is 52.3 Å². The standard InChI is InChI=1S/C20H19BrF2N2O4S3/c1-31(26,27)25(16-2-3-19-14(10-16)4-9-30-19)17-11-15(21)12-18(13-17)32(28,29)24-7-5-20(22,23)6-8-24/h2-4,9-13H,5-8H2,1H3. The van der Waals surface area contributed by atoms with Crippen LogP contribution >= 0.6 is 27.3 Å². The zero-order valence-corrected chi connectivity index (χ0v) is 20.9. The Bertz CT molecular complexity index is 1380. The van der Waals surface area contributed by atoms with Crippen LogP contribution in [0.15, 0.2) is 57.2 Å². The van der Waals surface area contributed by atoms with Crippen molar-refractivity contribution in [2.24, 2.45) is 0 Å². The molecule has 4 rings (SSSR count). The Balaban J connectivity index is 1.79. The van der Waals surface area contributed by atoms with Crippen LogP contribution in [0.3, 0.4) is 0 Å². The van der Waals surface area contributed by atoms with Crippen molar-refractivity contribution in [3.63, 3.8) is 0 Å². The third kappa shape index (κ3) is 4.69. The summed E-state index contributed by atoms with van der Waals surface area (Å²) >= 11 is 4.79. The molecular formula is C20H19BrF2N2O4S3. The average Bonchev–Trinajstić information content (AvgIpc) is 3.14. The topological polar surface area (TPSA) is 74.8 Å². The van der Waals surface area contributed by atoms with Crippen LogP contribution in [-0.2, 0) is 20.0 Å². The molecule has 6 nitrogen and oxygen atoms in total. The maximum atomic E-state index is 13.5. The SMILES string of the molecule is CS(=O)(=O)N(c1cc(Br)cc(S(=O)(=O)N2CCC(F)(F)CC2)c1)c1ccc2sccc2c1. The van der Waals surface area contributed by atoms with Crippen LogP contribution in [0.1, 0.15) is 12.8 Å². The third-order valence-electron chi connectivity index (χ3n) is 5.18. The summed E-state index contributed by atoms with van der Waals surface area (Å²) in [7, 11) is -7.93. The van der Waals surface area contributed by atoms with E-state index >= 15 is 0 Å². The van der Waals surface area contributed by atoms with Gasteiger partial charge < -0.3 is 0 Å². The Hall–Kier alpha value is -1.60. The van der Waals surface area contributed by atoms with E-state index in [1.165, 1.54) is 29.5 Å². The number of benzene rings is 2. The van der Waals surface area contributed by atoms with Crippen LogP contribution in [0.5, 0.6) is 0 Å². The molecular weight excluding hydrogens is 546 g/mol. The lowest BCUT2D eigenvalue weighted by molar-refractivity contribution is -0.0412. The van der Waals surface area contributed by atoms with E-state index < -0.39 is 38.8 Å². The zero-order valence-electron chi connectivity index (χ0n) is 16.8. The molecule has 12 heteroatoms. The van der Waals surface area contributed by atoms with Gasteiger partial charge in [-0.05, 0) is 53.2 Å². The Morgan fingerprint density at radius 3 is 2.34 bits per heavy atom. The van der Waals surface area contributed by atoms with E-state index in [9.17, 15) is 25.6 Å². The van der Waals surface area contributed by atoms with Gasteiger partial charge in [0.15, 0.2) is 0 Å². The first-order valence-electron chi connectivity index (χ1n) is 9.53. The number of alkyl halides is 2. The van der Waals surface area contributed by atoms with Gasteiger partial charge in [0.2, 0.25) is 20.0 Å². The fourth-order valence-electron chi connectivity index (χ4n) is 3.63. The number of piperidine rings is 1. The number of hydrogen-bond acceptors (Lipinski definition) is 5. The molecule has 0 bridgehead atoms. The Morgan fingerprint density at radius 2 is 1.69 bits per heavy atom. The van der Waals surface area contributed by atoms with Crippen LogP contribution in [0.4, 0.5) is 20.2 Å². The number of fused-ring (bicyclic) bond motifs is 1. The van der Waals surface area contributed by atoms with E-state index in [1.807, 2.05) is 11.4 Å². The predicted molar refractivity (Wildman–Crippen MR) is 126 cm³/mol. The van der Waals surface area contributed by atoms with E-state index in [4.69, 9.17) is 0 Å². The highest BCUT2D eigenvalue weighted by Gasteiger charge is 2.39. The molecule has 0 unspecified atom stereocenters. The number of halogens is 3. The van der Waals surface area contributed by atoms with Crippen molar-refractivity contribution in [1.29, 1.82) is 0 Å². The summed E-state index contributed by atoms with van der Waals surface area (Å²) in [6, 6.07) is 11.1. The normalized spacial score (nSPS) is 17.5. The fraction of sp³-hybridized carbons (Fsp3) is 0.300. The number of rotatable bonds is 5. The van der Waals surface area contributed by atoms with Crippen LogP contribution in [0, 0.1) is 0 Å². The number of anilines is 2. The molecule has 172 valence electrons. The molecule has 1 aliphatic heterocycles. The molecule has 2 heterocycles. The van der Waals surface area contributed by atoms with Gasteiger partial charge in [-0.15, -0.1) is 11.3 Å². The highest BCUT2D eigenvalue weighted by molar-refractivity contribution is 9.10. The monoisotopic (exact) mass is 564 g/mol. The molecule has 1 fully saturated rings. The predicted octanol–water partition coefficient (Wildman–Crippen LogP) is 5.18. The number of nitrogens with zero attached hydrogens (tertiary/aromatic N) is 2. The van der Waals surface area contributed by atoms with E-state index in [2.05, 4.69) is 15.9 Å². The smallest absolute Gasteiger partial charge is 0.239 e. The van der Waals surface area contributed by atoms with Crippen LogP contribution in [0.25, 0.3) is 10.1 Å². The Kier molecular flexibility index (Phi) is 6.12. The summed E-state index contributed by atoms with van der Waals surface area (Å²) in [5.74, 6) is -2.89. The maximum Gasteiger partial charge on any atom is 0.250 e. The molecule has 0 spiro atoms. The lowest BCUT2D eigenvalue weighted by atomic mass is 10.1. The molecule has 1 aliphatic rings. The van der Waals surface area contributed by atoms with Gasteiger partial charge in [0.1, 0.15) is 0 Å². The zero-order chi connectivity index (χ0) is 23.3. The molecule has 1 saturated heterocycles. The summed E-state index contributed by atoms with van der Waals surface area (Å²) in [5, 5.41) is 2.75. The molecule has 0 N–H and O–H groups in total. The second-order valence-electron chi connectivity index (χ2n) is 7.58. The van der Waals surface area contributed by atoms with Gasteiger partial charge in [0.05, 0.1) is 22.5 Å². The number of thiophene rings is 1. The Morgan fingerprint density at radius 1 is 1.00 bits per heavy atom. The third-order valence-corrected chi connectivity index (χ3v) is 9.50. The van der Waals surface area contributed by atoms with E-state index in [0.717, 1.165) is 25.0 Å². The van der Waals surface area contributed by atoms with E-state index in [1.54, 1.807) is 18.2 Å². The fourth-order valence-corrected chi connectivity index (χ4v) is 7.52. The minimum Gasteiger partial charge on any atom is -0.239 e. The van der Waals surface area contributed by atoms with Crippen molar-refractivity contribution in [1.82, 2.24) is 4.31 Å². The van der Waals surface area contributed by atoms with Gasteiger partial charge in [-0.3, -0.25) is 0 Å². The van der Waals surface area contributed by atoms with Crippen LogP contribution in [-0.4, -0.2) is 46.4 Å². The van der Waals surface area contributed by atoms with Gasteiger partial charge in [-0.1, -0.05) is 15.9 Å². The minimum absolute atomic E-state index is 0.123. The molecule has 0 aliphatic carbocycles. The molecule has 1 aromatic heterocycles. The van der Waals surface area contributed by atoms with Gasteiger partial charge in [0.25, 0.3) is 5.92 Å². The number of hydrogen-bond donors (Lipinski definition) is 0. The van der Waals surface area contributed by atoms with Gasteiger partial charge in [-0.2, -0.15) is 4.31 Å². The largest absolute Gasteiger partial charge is 0.250 e. The van der Waals surface area contributed by atoms with Crippen molar-refractivity contribution in [2.75, 3.05) is 23.7 Å². The van der Waals surface area contributed by atoms with Gasteiger partial charge in [0, 0.05) is 35.1 Å². The van der Waals surface area contributed by atoms with Gasteiger partial charge in [-0.25, -0.2) is 29.9 Å². The molecule has 32 heavy (non-hydrogen) atoms. The number of sulfonamides is 2.